The molecule has 0 radical (unpaired) electrons. The number of hydrogen-bond acceptors (Lipinski definition) is 4. The van der Waals surface area contributed by atoms with Gasteiger partial charge < -0.3 is 9.47 Å². The molecule has 3 rings (SSSR count). The van der Waals surface area contributed by atoms with Crippen molar-refractivity contribution in [2.75, 3.05) is 7.11 Å². The van der Waals surface area contributed by atoms with Crippen molar-refractivity contribution in [3.63, 3.8) is 0 Å². The van der Waals surface area contributed by atoms with Gasteiger partial charge in [0.05, 0.1) is 12.2 Å². The largest absolute Gasteiger partial charge is 0.486 e. The SMILES string of the molecule is CCc1cc(C)cc(CC)c1-c1c(OCc2ccccc2)c(COC)nn(C)c1=O. The van der Waals surface area contributed by atoms with Gasteiger partial charge >= 0.3 is 0 Å². The number of aryl methyl sites for hydroxylation is 4. The lowest BCUT2D eigenvalue weighted by atomic mass is 9.90. The molecular formula is C25H30N2O3. The van der Waals surface area contributed by atoms with E-state index in [0.29, 0.717) is 23.6 Å². The maximum Gasteiger partial charge on any atom is 0.278 e. The second-order valence-corrected chi connectivity index (χ2v) is 7.45. The third-order valence-electron chi connectivity index (χ3n) is 5.23. The highest BCUT2D eigenvalue weighted by Gasteiger charge is 2.23. The van der Waals surface area contributed by atoms with Crippen LogP contribution in [0, 0.1) is 6.92 Å². The van der Waals surface area contributed by atoms with E-state index in [0.717, 1.165) is 35.1 Å². The quantitative estimate of drug-likeness (QED) is 0.548. The third-order valence-corrected chi connectivity index (χ3v) is 5.23. The van der Waals surface area contributed by atoms with Crippen LogP contribution in [-0.2, 0) is 37.8 Å². The zero-order valence-electron chi connectivity index (χ0n) is 18.5. The van der Waals surface area contributed by atoms with Crippen molar-refractivity contribution in [3.8, 4) is 16.9 Å². The smallest absolute Gasteiger partial charge is 0.278 e. The van der Waals surface area contributed by atoms with Crippen molar-refractivity contribution < 1.29 is 9.47 Å². The van der Waals surface area contributed by atoms with Gasteiger partial charge in [0.15, 0.2) is 5.75 Å². The number of methoxy groups -OCH3 is 1. The van der Waals surface area contributed by atoms with Crippen molar-refractivity contribution in [3.05, 3.63) is 80.8 Å². The van der Waals surface area contributed by atoms with E-state index in [-0.39, 0.29) is 12.2 Å². The van der Waals surface area contributed by atoms with Crippen LogP contribution in [0.5, 0.6) is 5.75 Å². The molecule has 0 atom stereocenters. The second-order valence-electron chi connectivity index (χ2n) is 7.45. The summed E-state index contributed by atoms with van der Waals surface area (Å²) in [5.74, 6) is 0.511. The molecule has 158 valence electrons. The highest BCUT2D eigenvalue weighted by molar-refractivity contribution is 5.77. The van der Waals surface area contributed by atoms with Crippen LogP contribution >= 0.6 is 0 Å². The molecule has 5 nitrogen and oxygen atoms in total. The van der Waals surface area contributed by atoms with Gasteiger partial charge in [-0.05, 0) is 42.0 Å². The van der Waals surface area contributed by atoms with Gasteiger partial charge in [0.25, 0.3) is 5.56 Å². The average molecular weight is 407 g/mol. The summed E-state index contributed by atoms with van der Waals surface area (Å²) in [5.41, 5.74) is 6.51. The van der Waals surface area contributed by atoms with Gasteiger partial charge in [-0.15, -0.1) is 0 Å². The highest BCUT2D eigenvalue weighted by Crippen LogP contribution is 2.36. The minimum atomic E-state index is -0.161. The Morgan fingerprint density at radius 3 is 2.17 bits per heavy atom. The summed E-state index contributed by atoms with van der Waals surface area (Å²) in [5, 5.41) is 4.44. The van der Waals surface area contributed by atoms with Gasteiger partial charge in [-0.1, -0.05) is 61.9 Å². The Morgan fingerprint density at radius 2 is 1.60 bits per heavy atom. The summed E-state index contributed by atoms with van der Waals surface area (Å²) in [6, 6.07) is 14.2. The molecule has 1 heterocycles. The fraction of sp³-hybridized carbons (Fsp3) is 0.360. The van der Waals surface area contributed by atoms with Crippen LogP contribution in [0.1, 0.15) is 41.8 Å². The summed E-state index contributed by atoms with van der Waals surface area (Å²) < 4.78 is 13.0. The lowest BCUT2D eigenvalue weighted by Gasteiger charge is -2.20. The summed E-state index contributed by atoms with van der Waals surface area (Å²) in [4.78, 5) is 13.4. The van der Waals surface area contributed by atoms with E-state index in [9.17, 15) is 4.79 Å². The molecule has 0 fully saturated rings. The molecule has 0 aliphatic heterocycles. The first-order valence-corrected chi connectivity index (χ1v) is 10.4. The van der Waals surface area contributed by atoms with E-state index in [2.05, 4.69) is 38.0 Å². The summed E-state index contributed by atoms with van der Waals surface area (Å²) in [7, 11) is 3.30. The molecule has 30 heavy (non-hydrogen) atoms. The topological polar surface area (TPSA) is 53.4 Å². The molecule has 3 aromatic rings. The monoisotopic (exact) mass is 406 g/mol. The Balaban J connectivity index is 2.27. The van der Waals surface area contributed by atoms with E-state index in [1.807, 2.05) is 30.3 Å². The van der Waals surface area contributed by atoms with Crippen molar-refractivity contribution >= 4 is 0 Å². The molecule has 0 aliphatic carbocycles. The predicted molar refractivity (Wildman–Crippen MR) is 120 cm³/mol. The first-order chi connectivity index (χ1) is 14.5. The van der Waals surface area contributed by atoms with Crippen molar-refractivity contribution in [1.82, 2.24) is 9.78 Å². The molecule has 5 heteroatoms. The number of benzene rings is 2. The summed E-state index contributed by atoms with van der Waals surface area (Å²) in [6.07, 6.45) is 1.65. The minimum Gasteiger partial charge on any atom is -0.486 e. The van der Waals surface area contributed by atoms with Crippen molar-refractivity contribution in [2.24, 2.45) is 7.05 Å². The maximum atomic E-state index is 13.4. The zero-order valence-corrected chi connectivity index (χ0v) is 18.5. The minimum absolute atomic E-state index is 0.161. The van der Waals surface area contributed by atoms with Crippen LogP contribution in [0.4, 0.5) is 0 Å². The van der Waals surface area contributed by atoms with E-state index in [4.69, 9.17) is 9.47 Å². The molecule has 0 unspecified atom stereocenters. The van der Waals surface area contributed by atoms with Crippen LogP contribution < -0.4 is 10.3 Å². The molecule has 0 amide bonds. The molecule has 1 aromatic heterocycles. The van der Waals surface area contributed by atoms with E-state index >= 15 is 0 Å². The molecule has 0 saturated carbocycles. The third kappa shape index (κ3) is 4.46. The Hall–Kier alpha value is -2.92. The molecule has 0 bridgehead atoms. The van der Waals surface area contributed by atoms with Gasteiger partial charge in [0, 0.05) is 14.2 Å². The number of rotatable bonds is 8. The summed E-state index contributed by atoms with van der Waals surface area (Å²) >= 11 is 0. The van der Waals surface area contributed by atoms with Crippen molar-refractivity contribution in [1.29, 1.82) is 0 Å². The maximum absolute atomic E-state index is 13.4. The molecule has 0 spiro atoms. The zero-order chi connectivity index (χ0) is 21.7. The normalized spacial score (nSPS) is 11.0. The van der Waals surface area contributed by atoms with Gasteiger partial charge in [0.2, 0.25) is 0 Å². The van der Waals surface area contributed by atoms with E-state index in [1.165, 1.54) is 10.2 Å². The fourth-order valence-corrected chi connectivity index (χ4v) is 3.83. The number of hydrogen-bond donors (Lipinski definition) is 0. The van der Waals surface area contributed by atoms with Gasteiger partial charge in [-0.2, -0.15) is 5.10 Å². The van der Waals surface area contributed by atoms with Gasteiger partial charge in [-0.25, -0.2) is 4.68 Å². The van der Waals surface area contributed by atoms with Gasteiger partial charge in [-0.3, -0.25) is 4.79 Å². The standard InChI is InChI=1S/C25H30N2O3/c1-6-19-13-17(3)14-20(7-2)22(19)23-24(30-15-18-11-9-8-10-12-18)21(16-29-5)26-27(4)25(23)28/h8-14H,6-7,15-16H2,1-5H3. The Bertz CT molecular complexity index is 1050. The van der Waals surface area contributed by atoms with Crippen LogP contribution in [0.3, 0.4) is 0 Å². The number of ether oxygens (including phenoxy) is 2. The second kappa shape index (κ2) is 9.72. The number of nitrogens with zero attached hydrogens (tertiary/aromatic N) is 2. The lowest BCUT2D eigenvalue weighted by Crippen LogP contribution is -2.25. The molecule has 0 N–H and O–H groups in total. The first-order valence-electron chi connectivity index (χ1n) is 10.4. The average Bonchev–Trinajstić information content (AvgIpc) is 2.75. The van der Waals surface area contributed by atoms with E-state index in [1.54, 1.807) is 14.2 Å². The Labute approximate surface area is 178 Å². The molecule has 0 aliphatic rings. The van der Waals surface area contributed by atoms with E-state index < -0.39 is 0 Å². The Morgan fingerprint density at radius 1 is 0.967 bits per heavy atom. The fourth-order valence-electron chi connectivity index (χ4n) is 3.83. The van der Waals surface area contributed by atoms with Crippen LogP contribution in [0.15, 0.2) is 47.3 Å². The molecular weight excluding hydrogens is 376 g/mol. The van der Waals surface area contributed by atoms with Gasteiger partial charge in [0.1, 0.15) is 12.3 Å². The van der Waals surface area contributed by atoms with Crippen molar-refractivity contribution in [2.45, 2.75) is 46.8 Å². The highest BCUT2D eigenvalue weighted by atomic mass is 16.5. The first kappa shape index (κ1) is 21.8. The van der Waals surface area contributed by atoms with Crippen LogP contribution in [0.2, 0.25) is 0 Å². The number of aromatic nitrogens is 2. The van der Waals surface area contributed by atoms with Crippen LogP contribution in [0.25, 0.3) is 11.1 Å². The van der Waals surface area contributed by atoms with Crippen LogP contribution in [-0.4, -0.2) is 16.9 Å². The summed E-state index contributed by atoms with van der Waals surface area (Å²) in [6.45, 7) is 6.94. The molecule has 0 saturated heterocycles. The Kier molecular flexibility index (Phi) is 7.06. The predicted octanol–water partition coefficient (Wildman–Crippen LogP) is 4.61. The molecule has 2 aromatic carbocycles. The lowest BCUT2D eigenvalue weighted by molar-refractivity contribution is 0.173.